The van der Waals surface area contributed by atoms with Gasteiger partial charge in [0, 0.05) is 25.0 Å². The van der Waals surface area contributed by atoms with E-state index in [0.29, 0.717) is 29.5 Å². The Morgan fingerprint density at radius 1 is 1.37 bits per heavy atom. The minimum atomic E-state index is -0.0866. The molecule has 3 aromatic rings. The molecule has 0 spiro atoms. The number of hydrogen-bond acceptors (Lipinski definition) is 6. The minimum absolute atomic E-state index is 0.0866. The molecule has 8 heteroatoms. The lowest BCUT2D eigenvalue weighted by Gasteiger charge is -2.33. The fourth-order valence-electron chi connectivity index (χ4n) is 3.39. The van der Waals surface area contributed by atoms with Gasteiger partial charge in [0.25, 0.3) is 5.91 Å². The van der Waals surface area contributed by atoms with Crippen LogP contribution >= 0.6 is 0 Å². The third-order valence-corrected chi connectivity index (χ3v) is 4.79. The van der Waals surface area contributed by atoms with Gasteiger partial charge in [-0.3, -0.25) is 4.79 Å². The van der Waals surface area contributed by atoms with Crippen molar-refractivity contribution >= 4 is 5.91 Å². The summed E-state index contributed by atoms with van der Waals surface area (Å²) in [6.45, 7) is 4.53. The number of hydrogen-bond donors (Lipinski definition) is 1. The molecule has 8 nitrogen and oxygen atoms in total. The molecular formula is C19H22N6O2. The monoisotopic (exact) mass is 366 g/mol. The predicted molar refractivity (Wildman–Crippen MR) is 99.5 cm³/mol. The maximum Gasteiger partial charge on any atom is 0.276 e. The Bertz CT molecular complexity index is 898. The molecule has 4 rings (SSSR count). The average molecular weight is 366 g/mol. The first-order valence-corrected chi connectivity index (χ1v) is 9.20. The van der Waals surface area contributed by atoms with Gasteiger partial charge in [-0.1, -0.05) is 6.07 Å². The number of nitrogens with one attached hydrogen (secondary N) is 1. The lowest BCUT2D eigenvalue weighted by Crippen LogP contribution is -2.46. The van der Waals surface area contributed by atoms with E-state index in [2.05, 4.69) is 20.4 Å². The van der Waals surface area contributed by atoms with Crippen LogP contribution in [-0.2, 0) is 0 Å². The summed E-state index contributed by atoms with van der Waals surface area (Å²) in [6, 6.07) is 5.85. The van der Waals surface area contributed by atoms with Crippen molar-refractivity contribution in [2.75, 3.05) is 19.6 Å². The smallest absolute Gasteiger partial charge is 0.276 e. The lowest BCUT2D eigenvalue weighted by molar-refractivity contribution is 0.0650. The molecule has 0 aromatic carbocycles. The Morgan fingerprint density at radius 2 is 2.22 bits per heavy atom. The summed E-state index contributed by atoms with van der Waals surface area (Å²) < 4.78 is 7.21. The number of carbonyl (C=O) groups excluding carboxylic acids is 1. The molecule has 0 saturated carbocycles. The number of piperidine rings is 1. The molecular weight excluding hydrogens is 344 g/mol. The quantitative estimate of drug-likeness (QED) is 0.744. The number of oxazole rings is 1. The van der Waals surface area contributed by atoms with E-state index in [9.17, 15) is 4.79 Å². The van der Waals surface area contributed by atoms with E-state index < -0.39 is 0 Å². The highest BCUT2D eigenvalue weighted by Crippen LogP contribution is 2.21. The van der Waals surface area contributed by atoms with Crippen molar-refractivity contribution in [2.45, 2.75) is 25.8 Å². The molecule has 140 valence electrons. The van der Waals surface area contributed by atoms with Gasteiger partial charge in [-0.15, -0.1) is 0 Å². The number of amides is 1. The molecule has 0 radical (unpaired) electrons. The van der Waals surface area contributed by atoms with Gasteiger partial charge in [-0.05, 0) is 45.0 Å². The SMILES string of the molecule is CCN(C(=O)c1coc(-c2cnn(-c3ccccn3)c2)n1)C1CCNCC1. The van der Waals surface area contributed by atoms with Gasteiger partial charge in [0.2, 0.25) is 5.89 Å². The summed E-state index contributed by atoms with van der Waals surface area (Å²) in [5.41, 5.74) is 1.03. The molecule has 3 aromatic heterocycles. The maximum atomic E-state index is 12.9. The van der Waals surface area contributed by atoms with E-state index in [1.54, 1.807) is 23.3 Å². The fourth-order valence-corrected chi connectivity index (χ4v) is 3.39. The van der Waals surface area contributed by atoms with E-state index in [0.717, 1.165) is 25.9 Å². The molecule has 27 heavy (non-hydrogen) atoms. The Balaban J connectivity index is 1.53. The highest BCUT2D eigenvalue weighted by atomic mass is 16.3. The summed E-state index contributed by atoms with van der Waals surface area (Å²) >= 11 is 0. The van der Waals surface area contributed by atoms with Gasteiger partial charge in [0.1, 0.15) is 6.26 Å². The zero-order valence-electron chi connectivity index (χ0n) is 15.2. The molecule has 1 aliphatic rings. The van der Waals surface area contributed by atoms with Crippen LogP contribution in [0, 0.1) is 0 Å². The second-order valence-corrected chi connectivity index (χ2v) is 6.47. The Kier molecular flexibility index (Phi) is 4.97. The zero-order chi connectivity index (χ0) is 18.6. The molecule has 1 saturated heterocycles. The second-order valence-electron chi connectivity index (χ2n) is 6.47. The largest absolute Gasteiger partial charge is 0.444 e. The minimum Gasteiger partial charge on any atom is -0.444 e. The van der Waals surface area contributed by atoms with Crippen LogP contribution in [0.2, 0.25) is 0 Å². The number of rotatable bonds is 5. The van der Waals surface area contributed by atoms with E-state index in [1.807, 2.05) is 30.0 Å². The molecule has 1 amide bonds. The predicted octanol–water partition coefficient (Wildman–Crippen LogP) is 2.14. The highest BCUT2D eigenvalue weighted by Gasteiger charge is 2.27. The number of carbonyl (C=O) groups is 1. The van der Waals surface area contributed by atoms with Crippen LogP contribution in [0.1, 0.15) is 30.3 Å². The molecule has 0 unspecified atom stereocenters. The van der Waals surface area contributed by atoms with Gasteiger partial charge in [-0.2, -0.15) is 5.10 Å². The van der Waals surface area contributed by atoms with Gasteiger partial charge in [0.05, 0.1) is 11.8 Å². The first kappa shape index (κ1) is 17.4. The summed E-state index contributed by atoms with van der Waals surface area (Å²) in [5.74, 6) is 0.994. The molecule has 0 atom stereocenters. The van der Waals surface area contributed by atoms with Crippen LogP contribution in [0.15, 0.2) is 47.5 Å². The lowest BCUT2D eigenvalue weighted by atomic mass is 10.0. The van der Waals surface area contributed by atoms with Gasteiger partial charge < -0.3 is 14.6 Å². The van der Waals surface area contributed by atoms with Crippen molar-refractivity contribution in [3.8, 4) is 17.3 Å². The third kappa shape index (κ3) is 3.61. The van der Waals surface area contributed by atoms with E-state index in [4.69, 9.17) is 4.42 Å². The fraction of sp³-hybridized carbons (Fsp3) is 0.368. The zero-order valence-corrected chi connectivity index (χ0v) is 15.2. The van der Waals surface area contributed by atoms with Crippen LogP contribution in [0.4, 0.5) is 0 Å². The molecule has 1 N–H and O–H groups in total. The Hall–Kier alpha value is -3.00. The first-order chi connectivity index (χ1) is 13.3. The maximum absolute atomic E-state index is 12.9. The second kappa shape index (κ2) is 7.71. The van der Waals surface area contributed by atoms with Crippen LogP contribution in [0.25, 0.3) is 17.3 Å². The Labute approximate surface area is 157 Å². The first-order valence-electron chi connectivity index (χ1n) is 9.20. The van der Waals surface area contributed by atoms with Gasteiger partial charge in [0.15, 0.2) is 11.5 Å². The standard InChI is InChI=1S/C19H22N6O2/c1-2-24(15-6-9-20-10-7-15)19(26)16-13-27-18(23-16)14-11-22-25(12-14)17-5-3-4-8-21-17/h3-5,8,11-13,15,20H,2,6-7,9-10H2,1H3. The molecule has 0 aliphatic carbocycles. The van der Waals surface area contributed by atoms with Crippen molar-refractivity contribution in [1.29, 1.82) is 0 Å². The highest BCUT2D eigenvalue weighted by molar-refractivity contribution is 5.92. The normalized spacial score (nSPS) is 15.0. The van der Waals surface area contributed by atoms with Gasteiger partial charge in [-0.25, -0.2) is 14.6 Å². The number of pyridine rings is 1. The summed E-state index contributed by atoms with van der Waals surface area (Å²) in [7, 11) is 0. The molecule has 1 fully saturated rings. The van der Waals surface area contributed by atoms with Crippen LogP contribution in [0.5, 0.6) is 0 Å². The van der Waals surface area contributed by atoms with Crippen LogP contribution in [0.3, 0.4) is 0 Å². The Morgan fingerprint density at radius 3 is 2.96 bits per heavy atom. The topological polar surface area (TPSA) is 89.1 Å². The summed E-state index contributed by atoms with van der Waals surface area (Å²) in [6.07, 6.45) is 8.49. The van der Waals surface area contributed by atoms with Crippen molar-refractivity contribution in [3.05, 3.63) is 48.7 Å². The van der Waals surface area contributed by atoms with Crippen molar-refractivity contribution in [1.82, 2.24) is 30.0 Å². The summed E-state index contributed by atoms with van der Waals surface area (Å²) in [4.78, 5) is 23.5. The van der Waals surface area contributed by atoms with Crippen LogP contribution < -0.4 is 5.32 Å². The van der Waals surface area contributed by atoms with Crippen LogP contribution in [-0.4, -0.2) is 56.2 Å². The molecule has 1 aliphatic heterocycles. The average Bonchev–Trinajstić information content (AvgIpc) is 3.40. The van der Waals surface area contributed by atoms with E-state index in [1.165, 1.54) is 6.26 Å². The van der Waals surface area contributed by atoms with Crippen molar-refractivity contribution in [3.63, 3.8) is 0 Å². The molecule has 0 bridgehead atoms. The van der Waals surface area contributed by atoms with Crippen molar-refractivity contribution in [2.24, 2.45) is 0 Å². The van der Waals surface area contributed by atoms with Gasteiger partial charge >= 0.3 is 0 Å². The third-order valence-electron chi connectivity index (χ3n) is 4.79. The molecule has 4 heterocycles. The number of aromatic nitrogens is 4. The van der Waals surface area contributed by atoms with E-state index >= 15 is 0 Å². The number of nitrogens with zero attached hydrogens (tertiary/aromatic N) is 5. The summed E-state index contributed by atoms with van der Waals surface area (Å²) in [5, 5.41) is 7.62. The van der Waals surface area contributed by atoms with Crippen molar-refractivity contribution < 1.29 is 9.21 Å². The van der Waals surface area contributed by atoms with E-state index in [-0.39, 0.29) is 11.9 Å².